The normalized spacial score (nSPS) is 17.6. The molecule has 0 radical (unpaired) electrons. The second-order valence-corrected chi connectivity index (χ2v) is 9.55. The van der Waals surface area contributed by atoms with Gasteiger partial charge in [-0.3, -0.25) is 4.98 Å². The van der Waals surface area contributed by atoms with Crippen molar-refractivity contribution in [2.45, 2.75) is 32.9 Å². The Morgan fingerprint density at radius 2 is 1.86 bits per heavy atom. The van der Waals surface area contributed by atoms with Crippen molar-refractivity contribution in [3.05, 3.63) is 106 Å². The van der Waals surface area contributed by atoms with E-state index in [-0.39, 0.29) is 23.7 Å². The molecule has 5 nitrogen and oxygen atoms in total. The van der Waals surface area contributed by atoms with Crippen LogP contribution < -0.4 is 10.2 Å². The van der Waals surface area contributed by atoms with E-state index in [0.29, 0.717) is 21.4 Å². The maximum Gasteiger partial charge on any atom is 0.174 e. The molecular formula is C27H24ClFN4OS. The minimum Gasteiger partial charge on any atom is -0.506 e. The molecule has 1 saturated heterocycles. The summed E-state index contributed by atoms with van der Waals surface area (Å²) < 4.78 is 16.1. The first kappa shape index (κ1) is 23.3. The third-order valence-electron chi connectivity index (χ3n) is 6.49. The maximum absolute atomic E-state index is 14.1. The number of rotatable bonds is 4. The van der Waals surface area contributed by atoms with E-state index in [1.54, 1.807) is 43.5 Å². The fourth-order valence-electron chi connectivity index (χ4n) is 4.86. The van der Waals surface area contributed by atoms with Gasteiger partial charge in [-0.05, 0) is 98.7 Å². The second-order valence-electron chi connectivity index (χ2n) is 8.73. The smallest absolute Gasteiger partial charge is 0.174 e. The van der Waals surface area contributed by atoms with Crippen LogP contribution in [0.25, 0.3) is 5.69 Å². The molecule has 8 heteroatoms. The average molecular weight is 507 g/mol. The molecule has 2 aromatic heterocycles. The molecule has 0 saturated carbocycles. The zero-order valence-electron chi connectivity index (χ0n) is 19.5. The molecule has 0 bridgehead atoms. The summed E-state index contributed by atoms with van der Waals surface area (Å²) in [5.74, 6) is -0.130. The number of hydrogen-bond donors (Lipinski definition) is 2. The minimum atomic E-state index is -0.265. The zero-order valence-corrected chi connectivity index (χ0v) is 21.0. The molecule has 0 aliphatic carbocycles. The molecule has 0 spiro atoms. The summed E-state index contributed by atoms with van der Waals surface area (Å²) in [6.07, 6.45) is 1.76. The number of halogens is 2. The van der Waals surface area contributed by atoms with E-state index >= 15 is 0 Å². The highest BCUT2D eigenvalue weighted by Crippen LogP contribution is 2.44. The van der Waals surface area contributed by atoms with Crippen LogP contribution in [0.5, 0.6) is 5.75 Å². The van der Waals surface area contributed by atoms with Crippen molar-refractivity contribution in [3.63, 3.8) is 0 Å². The van der Waals surface area contributed by atoms with Gasteiger partial charge in [-0.25, -0.2) is 4.39 Å². The first-order valence-electron chi connectivity index (χ1n) is 11.2. The molecule has 2 N–H and O–H groups in total. The monoisotopic (exact) mass is 506 g/mol. The van der Waals surface area contributed by atoms with E-state index in [1.165, 1.54) is 6.07 Å². The van der Waals surface area contributed by atoms with Crippen molar-refractivity contribution in [2.24, 2.45) is 0 Å². The van der Waals surface area contributed by atoms with Crippen LogP contribution >= 0.6 is 23.8 Å². The van der Waals surface area contributed by atoms with Gasteiger partial charge in [-0.15, -0.1) is 0 Å². The van der Waals surface area contributed by atoms with E-state index in [9.17, 15) is 9.50 Å². The Balaban J connectivity index is 1.71. The molecule has 2 atom stereocenters. The number of nitrogens with zero attached hydrogens (tertiary/aromatic N) is 3. The van der Waals surface area contributed by atoms with Gasteiger partial charge in [0.25, 0.3) is 0 Å². The topological polar surface area (TPSA) is 53.3 Å². The number of benzene rings is 2. The Labute approximate surface area is 213 Å². The van der Waals surface area contributed by atoms with E-state index in [1.807, 2.05) is 41.5 Å². The number of pyridine rings is 1. The first-order valence-corrected chi connectivity index (χ1v) is 12.0. The average Bonchev–Trinajstić information content (AvgIpc) is 3.33. The summed E-state index contributed by atoms with van der Waals surface area (Å²) in [7, 11) is 0. The molecule has 2 unspecified atom stereocenters. The van der Waals surface area contributed by atoms with Crippen LogP contribution in [0.15, 0.2) is 66.9 Å². The predicted molar refractivity (Wildman–Crippen MR) is 141 cm³/mol. The molecule has 0 amide bonds. The van der Waals surface area contributed by atoms with Crippen molar-refractivity contribution >= 4 is 34.6 Å². The molecule has 178 valence electrons. The lowest BCUT2D eigenvalue weighted by atomic mass is 9.96. The van der Waals surface area contributed by atoms with Gasteiger partial charge in [0.05, 0.1) is 23.5 Å². The lowest BCUT2D eigenvalue weighted by Gasteiger charge is -2.28. The Morgan fingerprint density at radius 1 is 1.06 bits per heavy atom. The summed E-state index contributed by atoms with van der Waals surface area (Å²) in [6.45, 7) is 5.73. The number of anilines is 1. The van der Waals surface area contributed by atoms with Crippen molar-refractivity contribution in [2.75, 3.05) is 4.90 Å². The van der Waals surface area contributed by atoms with Gasteiger partial charge in [0.1, 0.15) is 11.6 Å². The van der Waals surface area contributed by atoms with Gasteiger partial charge in [0, 0.05) is 28.3 Å². The van der Waals surface area contributed by atoms with Crippen LogP contribution in [0.2, 0.25) is 5.02 Å². The van der Waals surface area contributed by atoms with Crippen LogP contribution in [-0.2, 0) is 0 Å². The van der Waals surface area contributed by atoms with Crippen LogP contribution in [0.1, 0.15) is 40.3 Å². The van der Waals surface area contributed by atoms with Crippen molar-refractivity contribution in [1.82, 2.24) is 14.9 Å². The highest BCUT2D eigenvalue weighted by atomic mass is 35.5. The molecule has 1 aliphatic heterocycles. The summed E-state index contributed by atoms with van der Waals surface area (Å²) in [4.78, 5) is 6.62. The first-order chi connectivity index (χ1) is 16.8. The van der Waals surface area contributed by atoms with E-state index < -0.39 is 0 Å². The number of phenols is 1. The summed E-state index contributed by atoms with van der Waals surface area (Å²) in [5, 5.41) is 15.1. The summed E-state index contributed by atoms with van der Waals surface area (Å²) >= 11 is 12.1. The number of nitrogens with one attached hydrogen (secondary N) is 1. The predicted octanol–water partition coefficient (Wildman–Crippen LogP) is 6.47. The highest BCUT2D eigenvalue weighted by Gasteiger charge is 2.42. The number of aromatic hydroxyl groups is 1. The Kier molecular flexibility index (Phi) is 5.99. The van der Waals surface area contributed by atoms with Crippen LogP contribution in [0, 0.1) is 26.6 Å². The maximum atomic E-state index is 14.1. The molecule has 3 heterocycles. The largest absolute Gasteiger partial charge is 0.506 e. The van der Waals surface area contributed by atoms with Crippen LogP contribution in [-0.4, -0.2) is 19.8 Å². The third kappa shape index (κ3) is 4.05. The van der Waals surface area contributed by atoms with Crippen LogP contribution in [0.3, 0.4) is 0 Å². The number of phenolic OH excluding ortho intramolecular Hbond substituents is 1. The minimum absolute atomic E-state index is 0.134. The van der Waals surface area contributed by atoms with Crippen molar-refractivity contribution < 1.29 is 9.50 Å². The number of thiocarbonyl (C=S) groups is 1. The summed E-state index contributed by atoms with van der Waals surface area (Å²) in [6, 6.07) is 17.4. The van der Waals surface area contributed by atoms with Gasteiger partial charge in [-0.1, -0.05) is 17.7 Å². The van der Waals surface area contributed by atoms with E-state index in [4.69, 9.17) is 23.8 Å². The van der Waals surface area contributed by atoms with Crippen molar-refractivity contribution in [3.8, 4) is 11.4 Å². The Morgan fingerprint density at radius 3 is 2.57 bits per heavy atom. The fraction of sp³-hybridized carbons (Fsp3) is 0.185. The molecule has 2 aromatic carbocycles. The molecular weight excluding hydrogens is 483 g/mol. The van der Waals surface area contributed by atoms with Crippen LogP contribution in [0.4, 0.5) is 10.1 Å². The molecule has 5 rings (SSSR count). The van der Waals surface area contributed by atoms with Gasteiger partial charge < -0.3 is 19.9 Å². The van der Waals surface area contributed by atoms with E-state index in [0.717, 1.165) is 28.3 Å². The Hall–Kier alpha value is -3.42. The third-order valence-corrected chi connectivity index (χ3v) is 7.03. The zero-order chi connectivity index (χ0) is 24.9. The van der Waals surface area contributed by atoms with Crippen molar-refractivity contribution in [1.29, 1.82) is 0 Å². The number of hydrogen-bond acceptors (Lipinski definition) is 3. The fourth-order valence-corrected chi connectivity index (χ4v) is 5.37. The molecule has 4 aromatic rings. The molecule has 35 heavy (non-hydrogen) atoms. The molecule has 1 aliphatic rings. The van der Waals surface area contributed by atoms with Gasteiger partial charge in [0.2, 0.25) is 0 Å². The highest BCUT2D eigenvalue weighted by molar-refractivity contribution is 7.80. The van der Waals surface area contributed by atoms with Gasteiger partial charge in [0.15, 0.2) is 5.11 Å². The SMILES string of the molecule is Cc1cc(N2C(=S)NC(c3ccccn3)C2c2cc(C)n(-c3cc(Cl)ccc3O)c2C)ccc1F. The number of aromatic nitrogens is 2. The van der Waals surface area contributed by atoms with Gasteiger partial charge in [-0.2, -0.15) is 0 Å². The standard InChI is InChI=1S/C27H24ClFN4OS/c1-15-12-19(8-9-21(15)29)33-26(25(31-27(33)35)22-6-4-5-11-30-22)20-13-16(2)32(17(20)3)23-14-18(28)7-10-24(23)34/h4-14,25-26,34H,1-3H3,(H,31,35). The van der Waals surface area contributed by atoms with Gasteiger partial charge >= 0.3 is 0 Å². The summed E-state index contributed by atoms with van der Waals surface area (Å²) in [5.41, 5.74) is 5.65. The Bertz CT molecular complexity index is 1440. The van der Waals surface area contributed by atoms with E-state index in [2.05, 4.69) is 16.4 Å². The number of aryl methyl sites for hydroxylation is 2. The lowest BCUT2D eigenvalue weighted by Crippen LogP contribution is -2.29. The quantitative estimate of drug-likeness (QED) is 0.310. The lowest BCUT2D eigenvalue weighted by molar-refractivity contribution is 0.471. The second kappa shape index (κ2) is 8.98. The molecule has 1 fully saturated rings.